The zero-order valence-corrected chi connectivity index (χ0v) is 8.69. The highest BCUT2D eigenvalue weighted by Gasteiger charge is 2.10. The van der Waals surface area contributed by atoms with E-state index in [1.165, 1.54) is 7.11 Å². The number of methoxy groups -OCH3 is 1. The van der Waals surface area contributed by atoms with Crippen LogP contribution in [0.15, 0.2) is 18.2 Å². The van der Waals surface area contributed by atoms with E-state index in [4.69, 9.17) is 15.6 Å². The van der Waals surface area contributed by atoms with E-state index in [2.05, 4.69) is 0 Å². The fraction of sp³-hybridized carbons (Fsp3) is 0.364. The maximum absolute atomic E-state index is 11.6. The van der Waals surface area contributed by atoms with Gasteiger partial charge in [0.1, 0.15) is 5.75 Å². The minimum absolute atomic E-state index is 0.00954. The molecule has 4 heteroatoms. The normalized spacial score (nSPS) is 10.0. The van der Waals surface area contributed by atoms with Crippen LogP contribution >= 0.6 is 0 Å². The Bertz CT molecular complexity index is 350. The fourth-order valence-corrected chi connectivity index (χ4v) is 1.28. The Balaban J connectivity index is 2.86. The van der Waals surface area contributed by atoms with Gasteiger partial charge in [0.05, 0.1) is 7.11 Å². The lowest BCUT2D eigenvalue weighted by Crippen LogP contribution is -2.05. The highest BCUT2D eigenvalue weighted by Crippen LogP contribution is 2.21. The highest BCUT2D eigenvalue weighted by molar-refractivity contribution is 6.01. The van der Waals surface area contributed by atoms with Crippen molar-refractivity contribution in [3.63, 3.8) is 0 Å². The van der Waals surface area contributed by atoms with E-state index in [-0.39, 0.29) is 12.4 Å². The first-order chi connectivity index (χ1) is 7.19. The maximum Gasteiger partial charge on any atom is 0.165 e. The van der Waals surface area contributed by atoms with Crippen molar-refractivity contribution in [2.75, 3.05) is 19.5 Å². The van der Waals surface area contributed by atoms with Crippen LogP contribution in [0, 0.1) is 0 Å². The van der Waals surface area contributed by atoms with Crippen LogP contribution in [0.25, 0.3) is 0 Å². The third kappa shape index (κ3) is 2.95. The van der Waals surface area contributed by atoms with Crippen molar-refractivity contribution in [1.82, 2.24) is 0 Å². The molecule has 15 heavy (non-hydrogen) atoms. The highest BCUT2D eigenvalue weighted by atomic mass is 16.5. The molecule has 1 aromatic rings. The summed E-state index contributed by atoms with van der Waals surface area (Å²) in [6.45, 7) is 0.00954. The molecule has 0 unspecified atom stereocenters. The summed E-state index contributed by atoms with van der Waals surface area (Å²) in [6, 6.07) is 4.97. The van der Waals surface area contributed by atoms with Crippen molar-refractivity contribution in [3.05, 3.63) is 23.8 Å². The molecular weight excluding hydrogens is 194 g/mol. The van der Waals surface area contributed by atoms with E-state index in [1.54, 1.807) is 18.2 Å². The molecular formula is C11H15NO3. The van der Waals surface area contributed by atoms with Crippen LogP contribution in [0.1, 0.15) is 23.2 Å². The van der Waals surface area contributed by atoms with E-state index in [9.17, 15) is 4.79 Å². The number of aliphatic hydroxyl groups is 1. The standard InChI is InChI=1S/C11H15NO3/c1-15-8-4-5-10(12)9(7-8)11(14)3-2-6-13/h4-5,7,13H,2-3,6,12H2,1H3. The zero-order valence-electron chi connectivity index (χ0n) is 8.69. The third-order valence-corrected chi connectivity index (χ3v) is 2.12. The van der Waals surface area contributed by atoms with E-state index >= 15 is 0 Å². The van der Waals surface area contributed by atoms with Gasteiger partial charge in [-0.3, -0.25) is 4.79 Å². The van der Waals surface area contributed by atoms with Crippen LogP contribution in [0.3, 0.4) is 0 Å². The number of carbonyl (C=O) groups is 1. The van der Waals surface area contributed by atoms with Gasteiger partial charge < -0.3 is 15.6 Å². The lowest BCUT2D eigenvalue weighted by molar-refractivity contribution is 0.0972. The number of rotatable bonds is 5. The number of nitrogen functional groups attached to an aromatic ring is 1. The Morgan fingerprint density at radius 3 is 2.87 bits per heavy atom. The maximum atomic E-state index is 11.6. The Morgan fingerprint density at radius 2 is 2.27 bits per heavy atom. The molecule has 0 atom stereocenters. The van der Waals surface area contributed by atoms with Crippen LogP contribution in [0.2, 0.25) is 0 Å². The van der Waals surface area contributed by atoms with Crippen molar-refractivity contribution in [2.24, 2.45) is 0 Å². The molecule has 0 saturated carbocycles. The molecule has 0 aliphatic carbocycles. The van der Waals surface area contributed by atoms with Crippen molar-refractivity contribution in [2.45, 2.75) is 12.8 Å². The van der Waals surface area contributed by atoms with Crippen molar-refractivity contribution < 1.29 is 14.6 Å². The number of hydrogen-bond donors (Lipinski definition) is 2. The van der Waals surface area contributed by atoms with E-state index in [1.807, 2.05) is 0 Å². The molecule has 0 spiro atoms. The topological polar surface area (TPSA) is 72.5 Å². The Morgan fingerprint density at radius 1 is 1.53 bits per heavy atom. The summed E-state index contributed by atoms with van der Waals surface area (Å²) < 4.78 is 5.01. The van der Waals surface area contributed by atoms with Gasteiger partial charge in [0.15, 0.2) is 5.78 Å². The zero-order chi connectivity index (χ0) is 11.3. The van der Waals surface area contributed by atoms with Crippen molar-refractivity contribution in [1.29, 1.82) is 0 Å². The molecule has 4 nitrogen and oxygen atoms in total. The first-order valence-corrected chi connectivity index (χ1v) is 4.76. The van der Waals surface area contributed by atoms with Gasteiger partial charge in [-0.1, -0.05) is 0 Å². The number of ketones is 1. The molecule has 82 valence electrons. The molecule has 0 bridgehead atoms. The lowest BCUT2D eigenvalue weighted by atomic mass is 10.0. The number of benzene rings is 1. The van der Waals surface area contributed by atoms with Crippen LogP contribution in [-0.2, 0) is 0 Å². The molecule has 0 heterocycles. The molecule has 0 radical (unpaired) electrons. The molecule has 0 aliphatic heterocycles. The van der Waals surface area contributed by atoms with Crippen molar-refractivity contribution >= 4 is 11.5 Å². The number of aliphatic hydroxyl groups excluding tert-OH is 1. The summed E-state index contributed by atoms with van der Waals surface area (Å²) in [5.41, 5.74) is 6.58. The van der Waals surface area contributed by atoms with Gasteiger partial charge in [0.2, 0.25) is 0 Å². The lowest BCUT2D eigenvalue weighted by Gasteiger charge is -2.06. The molecule has 0 aromatic heterocycles. The molecule has 0 aliphatic rings. The second-order valence-electron chi connectivity index (χ2n) is 3.20. The summed E-state index contributed by atoms with van der Waals surface area (Å²) in [4.78, 5) is 11.6. The average molecular weight is 209 g/mol. The van der Waals surface area contributed by atoms with Crippen molar-refractivity contribution in [3.8, 4) is 5.75 Å². The van der Waals surface area contributed by atoms with Crippen LogP contribution in [0.5, 0.6) is 5.75 Å². The molecule has 0 fully saturated rings. The van der Waals surface area contributed by atoms with Gasteiger partial charge in [0, 0.05) is 24.3 Å². The minimum Gasteiger partial charge on any atom is -0.497 e. The Hall–Kier alpha value is -1.55. The van der Waals surface area contributed by atoms with E-state index < -0.39 is 0 Å². The smallest absolute Gasteiger partial charge is 0.165 e. The summed E-state index contributed by atoms with van der Waals surface area (Å²) in [6.07, 6.45) is 0.753. The second-order valence-corrected chi connectivity index (χ2v) is 3.20. The van der Waals surface area contributed by atoms with Gasteiger partial charge in [0.25, 0.3) is 0 Å². The Kier molecular flexibility index (Phi) is 4.12. The summed E-state index contributed by atoms with van der Waals surface area (Å²) in [5, 5.41) is 8.62. The predicted octanol–water partition coefficient (Wildman–Crippen LogP) is 1.23. The number of ether oxygens (including phenoxy) is 1. The van der Waals surface area contributed by atoms with Gasteiger partial charge >= 0.3 is 0 Å². The fourth-order valence-electron chi connectivity index (χ4n) is 1.28. The van der Waals surface area contributed by atoms with Crippen LogP contribution < -0.4 is 10.5 Å². The summed E-state index contributed by atoms with van der Waals surface area (Å²) in [5.74, 6) is 0.539. The van der Waals surface area contributed by atoms with Crippen LogP contribution in [0.4, 0.5) is 5.69 Å². The minimum atomic E-state index is -0.0690. The number of hydrogen-bond acceptors (Lipinski definition) is 4. The third-order valence-electron chi connectivity index (χ3n) is 2.12. The summed E-state index contributed by atoms with van der Waals surface area (Å²) >= 11 is 0. The SMILES string of the molecule is COc1ccc(N)c(C(=O)CCCO)c1. The first kappa shape index (κ1) is 11.5. The average Bonchev–Trinajstić information content (AvgIpc) is 2.26. The number of anilines is 1. The summed E-state index contributed by atoms with van der Waals surface area (Å²) in [7, 11) is 1.54. The second kappa shape index (κ2) is 5.36. The number of Topliss-reactive ketones (excluding diaryl/α,β-unsaturated/α-hetero) is 1. The number of carbonyl (C=O) groups excluding carboxylic acids is 1. The van der Waals surface area contributed by atoms with Gasteiger partial charge in [-0.15, -0.1) is 0 Å². The monoisotopic (exact) mass is 209 g/mol. The largest absolute Gasteiger partial charge is 0.497 e. The molecule has 1 rings (SSSR count). The van der Waals surface area contributed by atoms with E-state index in [0.717, 1.165) is 0 Å². The molecule has 1 aromatic carbocycles. The van der Waals surface area contributed by atoms with Gasteiger partial charge in [-0.2, -0.15) is 0 Å². The Labute approximate surface area is 88.7 Å². The first-order valence-electron chi connectivity index (χ1n) is 4.76. The predicted molar refractivity (Wildman–Crippen MR) is 58.1 cm³/mol. The molecule has 0 amide bonds. The van der Waals surface area contributed by atoms with Gasteiger partial charge in [-0.05, 0) is 24.6 Å². The number of nitrogens with two attached hydrogens (primary N) is 1. The molecule has 0 saturated heterocycles. The van der Waals surface area contributed by atoms with Crippen LogP contribution in [-0.4, -0.2) is 24.6 Å². The van der Waals surface area contributed by atoms with E-state index in [0.29, 0.717) is 29.8 Å². The molecule has 3 N–H and O–H groups in total. The van der Waals surface area contributed by atoms with Gasteiger partial charge in [-0.25, -0.2) is 0 Å². The quantitative estimate of drug-likeness (QED) is 0.565.